The summed E-state index contributed by atoms with van der Waals surface area (Å²) in [6.45, 7) is 16.9. The van der Waals surface area contributed by atoms with E-state index in [4.69, 9.17) is 0 Å². The Kier molecular flexibility index (Phi) is 7.27. The number of nitrogens with zero attached hydrogens (tertiary/aromatic N) is 2. The zero-order valence-corrected chi connectivity index (χ0v) is 19.7. The van der Waals surface area contributed by atoms with Crippen LogP contribution in [-0.4, -0.2) is 47.2 Å². The molecule has 0 amide bonds. The first-order chi connectivity index (χ1) is 10.8. The summed E-state index contributed by atoms with van der Waals surface area (Å²) in [7, 11) is 8.96. The molecule has 1 aliphatic rings. The number of hydrogen-bond acceptors (Lipinski definition) is 3. The van der Waals surface area contributed by atoms with Crippen LogP contribution in [0.15, 0.2) is 32.8 Å². The van der Waals surface area contributed by atoms with Gasteiger partial charge in [-0.05, 0) is 0 Å². The van der Waals surface area contributed by atoms with Gasteiger partial charge in [0, 0.05) is 0 Å². The van der Waals surface area contributed by atoms with Crippen LogP contribution in [0, 0.1) is 5.41 Å². The first-order valence-electron chi connectivity index (χ1n) is 8.73. The van der Waals surface area contributed by atoms with E-state index in [0.717, 1.165) is 6.54 Å². The van der Waals surface area contributed by atoms with Gasteiger partial charge >= 0.3 is 157 Å². The van der Waals surface area contributed by atoms with Gasteiger partial charge in [0.15, 0.2) is 0 Å². The number of nitrogens with one attached hydrogen (secondary N) is 1. The Hall–Kier alpha value is -0.212. The van der Waals surface area contributed by atoms with Gasteiger partial charge in [-0.2, -0.15) is 0 Å². The number of hydrogen-bond donors (Lipinski definition) is 1. The molecule has 0 saturated carbocycles. The molecule has 0 saturated heterocycles. The SMILES string of the molecule is CC(CNC(C)(C)C)=C1C=CC(C(C)(C)C)=[C]1[Mo]([N](C)C)[N](C)C. The van der Waals surface area contributed by atoms with Gasteiger partial charge in [-0.3, -0.25) is 0 Å². The van der Waals surface area contributed by atoms with E-state index < -0.39 is 17.8 Å². The topological polar surface area (TPSA) is 18.5 Å². The number of rotatable bonds is 5. The van der Waals surface area contributed by atoms with E-state index in [2.05, 4.69) is 101 Å². The molecular formula is C20H38MoN3. The quantitative estimate of drug-likeness (QED) is 0.680. The Morgan fingerprint density at radius 2 is 1.46 bits per heavy atom. The predicted molar refractivity (Wildman–Crippen MR) is 103 cm³/mol. The summed E-state index contributed by atoms with van der Waals surface area (Å²) in [6.07, 6.45) is 4.72. The second kappa shape index (κ2) is 7.99. The maximum atomic E-state index is 3.65. The minimum absolute atomic E-state index is 0.142. The third-order valence-electron chi connectivity index (χ3n) is 3.93. The van der Waals surface area contributed by atoms with Gasteiger partial charge in [0.2, 0.25) is 0 Å². The Labute approximate surface area is 157 Å². The molecule has 0 spiro atoms. The summed E-state index contributed by atoms with van der Waals surface area (Å²) < 4.78 is 6.57. The van der Waals surface area contributed by atoms with Gasteiger partial charge in [-0.1, -0.05) is 0 Å². The van der Waals surface area contributed by atoms with Crippen molar-refractivity contribution in [3.63, 3.8) is 0 Å². The van der Waals surface area contributed by atoms with Crippen LogP contribution in [0.2, 0.25) is 0 Å². The molecule has 1 N–H and O–H groups in total. The van der Waals surface area contributed by atoms with E-state index in [9.17, 15) is 0 Å². The predicted octanol–water partition coefficient (Wildman–Crippen LogP) is 4.13. The Morgan fingerprint density at radius 3 is 1.83 bits per heavy atom. The third kappa shape index (κ3) is 5.66. The van der Waals surface area contributed by atoms with Crippen LogP contribution in [0.1, 0.15) is 48.5 Å². The van der Waals surface area contributed by atoms with Crippen LogP contribution in [0.5, 0.6) is 0 Å². The fraction of sp³-hybridized carbons (Fsp3) is 0.700. The average molecular weight is 416 g/mol. The van der Waals surface area contributed by atoms with Crippen LogP contribution >= 0.6 is 0 Å². The molecule has 1 aliphatic carbocycles. The summed E-state index contributed by atoms with van der Waals surface area (Å²) in [4.78, 5) is 0. The molecule has 0 unspecified atom stereocenters. The monoisotopic (exact) mass is 418 g/mol. The van der Waals surface area contributed by atoms with Gasteiger partial charge in [-0.15, -0.1) is 0 Å². The van der Waals surface area contributed by atoms with Crippen LogP contribution in [0.3, 0.4) is 0 Å². The van der Waals surface area contributed by atoms with E-state index in [0.29, 0.717) is 0 Å². The standard InChI is InChI=1S/C16H26N.2C2H6N.Mo/c1-12(11-17-16(5,6)7)13-8-9-14(10-13)15(2,3)4;2*1-3-2;/h8-9,17H,11H2,1-7H3;2*1-2H3;/q;2*-1;+2. The molecule has 0 fully saturated rings. The van der Waals surface area contributed by atoms with Gasteiger partial charge in [0.1, 0.15) is 0 Å². The molecule has 0 atom stereocenters. The summed E-state index contributed by atoms with van der Waals surface area (Å²) in [5.74, 6) is 0. The summed E-state index contributed by atoms with van der Waals surface area (Å²) in [6, 6.07) is 0. The fourth-order valence-corrected chi connectivity index (χ4v) is 8.65. The second-order valence-electron chi connectivity index (χ2n) is 9.01. The van der Waals surface area contributed by atoms with Crippen molar-refractivity contribution in [1.29, 1.82) is 0 Å². The van der Waals surface area contributed by atoms with Crippen molar-refractivity contribution < 1.29 is 17.8 Å². The van der Waals surface area contributed by atoms with Crippen LogP contribution in [0.25, 0.3) is 0 Å². The van der Waals surface area contributed by atoms with Crippen molar-refractivity contribution >= 4 is 0 Å². The fourth-order valence-electron chi connectivity index (χ4n) is 2.77. The van der Waals surface area contributed by atoms with E-state index in [1.807, 2.05) is 0 Å². The Balaban J connectivity index is 3.40. The first kappa shape index (κ1) is 21.8. The Morgan fingerprint density at radius 1 is 0.958 bits per heavy atom. The number of allylic oxidation sites excluding steroid dienone is 5. The van der Waals surface area contributed by atoms with Crippen molar-refractivity contribution in [3.8, 4) is 0 Å². The van der Waals surface area contributed by atoms with Crippen molar-refractivity contribution in [2.45, 2.75) is 54.0 Å². The molecular weight excluding hydrogens is 378 g/mol. The molecule has 0 heterocycles. The van der Waals surface area contributed by atoms with E-state index >= 15 is 0 Å². The second-order valence-corrected chi connectivity index (χ2v) is 14.9. The van der Waals surface area contributed by atoms with Gasteiger partial charge < -0.3 is 0 Å². The molecule has 0 aromatic carbocycles. The zero-order valence-electron chi connectivity index (χ0n) is 17.7. The molecule has 3 nitrogen and oxygen atoms in total. The average Bonchev–Trinajstić information content (AvgIpc) is 2.78. The molecule has 0 aromatic heterocycles. The summed E-state index contributed by atoms with van der Waals surface area (Å²) in [5.41, 5.74) is 4.76. The molecule has 0 aliphatic heterocycles. The molecule has 139 valence electrons. The normalized spacial score (nSPS) is 18.6. The van der Waals surface area contributed by atoms with Crippen LogP contribution in [0.4, 0.5) is 0 Å². The molecule has 24 heavy (non-hydrogen) atoms. The van der Waals surface area contributed by atoms with E-state index in [1.54, 1.807) is 3.96 Å². The Bertz CT molecular complexity index is 532. The first-order valence-corrected chi connectivity index (χ1v) is 11.5. The van der Waals surface area contributed by atoms with Gasteiger partial charge in [0.25, 0.3) is 0 Å². The van der Waals surface area contributed by atoms with Gasteiger partial charge in [-0.25, -0.2) is 0 Å². The molecule has 0 radical (unpaired) electrons. The molecule has 0 aromatic rings. The summed E-state index contributed by atoms with van der Waals surface area (Å²) in [5, 5.41) is 3.65. The minimum atomic E-state index is -1.74. The molecule has 4 heteroatoms. The summed E-state index contributed by atoms with van der Waals surface area (Å²) >= 11 is -1.74. The van der Waals surface area contributed by atoms with E-state index in [1.165, 1.54) is 16.7 Å². The third-order valence-corrected chi connectivity index (χ3v) is 9.31. The molecule has 0 bridgehead atoms. The zero-order chi connectivity index (χ0) is 18.9. The van der Waals surface area contributed by atoms with Gasteiger partial charge in [0.05, 0.1) is 0 Å². The van der Waals surface area contributed by atoms with Crippen molar-refractivity contribution in [1.82, 2.24) is 12.2 Å². The maximum absolute atomic E-state index is 3.65. The van der Waals surface area contributed by atoms with Crippen molar-refractivity contribution in [3.05, 3.63) is 32.8 Å². The van der Waals surface area contributed by atoms with Crippen LogP contribution < -0.4 is 5.32 Å². The molecule has 1 rings (SSSR count). The van der Waals surface area contributed by atoms with E-state index in [-0.39, 0.29) is 11.0 Å². The van der Waals surface area contributed by atoms with Crippen LogP contribution in [-0.2, 0) is 17.8 Å². The van der Waals surface area contributed by atoms with Crippen molar-refractivity contribution in [2.24, 2.45) is 5.41 Å². The van der Waals surface area contributed by atoms with Crippen molar-refractivity contribution in [2.75, 3.05) is 34.7 Å².